The van der Waals surface area contributed by atoms with Crippen molar-refractivity contribution in [3.63, 3.8) is 0 Å². The highest BCUT2D eigenvalue weighted by atomic mass is 16.3. The second-order valence-corrected chi connectivity index (χ2v) is 5.69. The molecule has 0 amide bonds. The summed E-state index contributed by atoms with van der Waals surface area (Å²) in [5.74, 6) is -1.75. The van der Waals surface area contributed by atoms with Crippen LogP contribution in [0.3, 0.4) is 0 Å². The van der Waals surface area contributed by atoms with Gasteiger partial charge in [-0.1, -0.05) is 42.5 Å². The zero-order chi connectivity index (χ0) is 16.1. The van der Waals surface area contributed by atoms with Crippen LogP contribution in [-0.2, 0) is 0 Å². The van der Waals surface area contributed by atoms with E-state index in [1.165, 1.54) is 0 Å². The number of ketones is 2. The van der Waals surface area contributed by atoms with Crippen molar-refractivity contribution in [2.75, 3.05) is 0 Å². The number of hydrogen-bond acceptors (Lipinski definition) is 4. The maximum atomic E-state index is 12.6. The molecule has 23 heavy (non-hydrogen) atoms. The van der Waals surface area contributed by atoms with E-state index in [2.05, 4.69) is 4.98 Å². The van der Waals surface area contributed by atoms with Crippen molar-refractivity contribution in [2.45, 2.75) is 12.8 Å². The van der Waals surface area contributed by atoms with Crippen molar-refractivity contribution in [2.24, 2.45) is 0 Å². The molecule has 3 aromatic rings. The number of para-hydroxylation sites is 1. The zero-order valence-electron chi connectivity index (χ0n) is 12.4. The first-order valence-electron chi connectivity index (χ1n) is 7.35. The minimum absolute atomic E-state index is 0.0804. The zero-order valence-corrected chi connectivity index (χ0v) is 12.4. The van der Waals surface area contributed by atoms with Crippen LogP contribution in [0.1, 0.15) is 37.9 Å². The molecular formula is C19H13NO3. The maximum Gasteiger partial charge on any atom is 0.180 e. The van der Waals surface area contributed by atoms with Gasteiger partial charge in [-0.3, -0.25) is 9.59 Å². The molecule has 0 spiro atoms. The molecule has 0 saturated heterocycles. The minimum atomic E-state index is -1.06. The van der Waals surface area contributed by atoms with Crippen LogP contribution in [-0.4, -0.2) is 21.7 Å². The quantitative estimate of drug-likeness (QED) is 0.700. The SMILES string of the molecule is Cc1c(O)c(C2C(=O)c3ccccc3C2=O)nc2ccccc12. The first kappa shape index (κ1) is 13.6. The van der Waals surface area contributed by atoms with Gasteiger partial charge in [0, 0.05) is 22.1 Å². The maximum absolute atomic E-state index is 12.6. The van der Waals surface area contributed by atoms with Crippen LogP contribution < -0.4 is 0 Å². The third-order valence-electron chi connectivity index (χ3n) is 4.40. The summed E-state index contributed by atoms with van der Waals surface area (Å²) in [6, 6.07) is 14.1. The van der Waals surface area contributed by atoms with Crippen molar-refractivity contribution in [1.29, 1.82) is 0 Å². The average Bonchev–Trinajstić information content (AvgIpc) is 2.83. The molecule has 1 aromatic heterocycles. The molecule has 4 rings (SSSR count). The van der Waals surface area contributed by atoms with Crippen LogP contribution in [0.4, 0.5) is 0 Å². The predicted molar refractivity (Wildman–Crippen MR) is 86.0 cm³/mol. The molecule has 0 fully saturated rings. The lowest BCUT2D eigenvalue weighted by Crippen LogP contribution is -2.15. The fourth-order valence-corrected chi connectivity index (χ4v) is 3.18. The van der Waals surface area contributed by atoms with Gasteiger partial charge < -0.3 is 5.11 Å². The Balaban J connectivity index is 1.96. The van der Waals surface area contributed by atoms with Crippen LogP contribution in [0.25, 0.3) is 10.9 Å². The van der Waals surface area contributed by atoms with Crippen LogP contribution >= 0.6 is 0 Å². The number of Topliss-reactive ketones (excluding diaryl/α,β-unsaturated/α-hetero) is 2. The molecule has 4 heteroatoms. The number of carbonyl (C=O) groups excluding carboxylic acids is 2. The number of pyridine rings is 1. The van der Waals surface area contributed by atoms with E-state index < -0.39 is 5.92 Å². The molecule has 0 unspecified atom stereocenters. The van der Waals surface area contributed by atoms with E-state index in [0.717, 1.165) is 5.39 Å². The molecule has 0 saturated carbocycles. The predicted octanol–water partition coefficient (Wildman–Crippen LogP) is 3.41. The summed E-state index contributed by atoms with van der Waals surface area (Å²) >= 11 is 0. The first-order chi connectivity index (χ1) is 11.1. The van der Waals surface area contributed by atoms with Gasteiger partial charge in [0.2, 0.25) is 0 Å². The molecule has 1 aliphatic rings. The van der Waals surface area contributed by atoms with Gasteiger partial charge in [0.05, 0.1) is 5.52 Å². The summed E-state index contributed by atoms with van der Waals surface area (Å²) in [4.78, 5) is 29.7. The van der Waals surface area contributed by atoms with Crippen LogP contribution in [0.5, 0.6) is 5.75 Å². The Morgan fingerprint density at radius 2 is 1.48 bits per heavy atom. The summed E-state index contributed by atoms with van der Waals surface area (Å²) in [7, 11) is 0. The molecule has 0 radical (unpaired) electrons. The largest absolute Gasteiger partial charge is 0.506 e. The topological polar surface area (TPSA) is 67.3 Å². The van der Waals surface area contributed by atoms with E-state index in [0.29, 0.717) is 22.2 Å². The van der Waals surface area contributed by atoms with Crippen LogP contribution in [0.15, 0.2) is 48.5 Å². The lowest BCUT2D eigenvalue weighted by Gasteiger charge is -2.13. The number of hydrogen-bond donors (Lipinski definition) is 1. The Bertz CT molecular complexity index is 956. The normalized spacial score (nSPS) is 14.5. The van der Waals surface area contributed by atoms with E-state index in [1.807, 2.05) is 24.3 Å². The third-order valence-corrected chi connectivity index (χ3v) is 4.40. The van der Waals surface area contributed by atoms with Crippen molar-refractivity contribution >= 4 is 22.5 Å². The smallest absolute Gasteiger partial charge is 0.180 e. The standard InChI is InChI=1S/C19H13NO3/c1-10-11-6-4-5-9-14(11)20-16(17(10)21)15-18(22)12-7-2-3-8-13(12)19(15)23/h2-9,15,21H,1H3. The second kappa shape index (κ2) is 4.74. The molecule has 0 atom stereocenters. The monoisotopic (exact) mass is 303 g/mol. The van der Waals surface area contributed by atoms with Gasteiger partial charge in [0.1, 0.15) is 17.4 Å². The minimum Gasteiger partial charge on any atom is -0.506 e. The van der Waals surface area contributed by atoms with Gasteiger partial charge >= 0.3 is 0 Å². The highest BCUT2D eigenvalue weighted by molar-refractivity contribution is 6.29. The Morgan fingerprint density at radius 1 is 0.913 bits per heavy atom. The average molecular weight is 303 g/mol. The van der Waals surface area contributed by atoms with Crippen molar-refractivity contribution < 1.29 is 14.7 Å². The van der Waals surface area contributed by atoms with E-state index in [-0.39, 0.29) is 23.0 Å². The molecule has 1 heterocycles. The number of carbonyl (C=O) groups is 2. The second-order valence-electron chi connectivity index (χ2n) is 5.69. The Hall–Kier alpha value is -3.01. The molecule has 4 nitrogen and oxygen atoms in total. The summed E-state index contributed by atoms with van der Waals surface area (Å²) in [6.07, 6.45) is 0. The lowest BCUT2D eigenvalue weighted by atomic mass is 9.95. The van der Waals surface area contributed by atoms with Crippen LogP contribution in [0, 0.1) is 6.92 Å². The highest BCUT2D eigenvalue weighted by Crippen LogP contribution is 2.39. The Morgan fingerprint density at radius 3 is 2.13 bits per heavy atom. The number of aryl methyl sites for hydroxylation is 1. The fraction of sp³-hybridized carbons (Fsp3) is 0.105. The van der Waals surface area contributed by atoms with Crippen molar-refractivity contribution in [1.82, 2.24) is 4.98 Å². The number of benzene rings is 2. The number of fused-ring (bicyclic) bond motifs is 2. The van der Waals surface area contributed by atoms with Gasteiger partial charge in [-0.2, -0.15) is 0 Å². The van der Waals surface area contributed by atoms with Crippen molar-refractivity contribution in [3.8, 4) is 5.75 Å². The molecular weight excluding hydrogens is 290 g/mol. The van der Waals surface area contributed by atoms with E-state index in [1.54, 1.807) is 31.2 Å². The molecule has 1 aliphatic carbocycles. The molecule has 0 aliphatic heterocycles. The van der Waals surface area contributed by atoms with Gasteiger partial charge in [-0.25, -0.2) is 4.98 Å². The molecule has 1 N–H and O–H groups in total. The number of rotatable bonds is 1. The number of aromatic nitrogens is 1. The summed E-state index contributed by atoms with van der Waals surface area (Å²) < 4.78 is 0. The number of aromatic hydroxyl groups is 1. The van der Waals surface area contributed by atoms with Gasteiger partial charge in [0.15, 0.2) is 11.6 Å². The van der Waals surface area contributed by atoms with Gasteiger partial charge in [0.25, 0.3) is 0 Å². The van der Waals surface area contributed by atoms with Gasteiger partial charge in [-0.05, 0) is 13.0 Å². The summed E-state index contributed by atoms with van der Waals surface area (Å²) in [5.41, 5.74) is 2.23. The summed E-state index contributed by atoms with van der Waals surface area (Å²) in [5, 5.41) is 11.3. The van der Waals surface area contributed by atoms with E-state index in [9.17, 15) is 14.7 Å². The molecule has 0 bridgehead atoms. The van der Waals surface area contributed by atoms with Gasteiger partial charge in [-0.15, -0.1) is 0 Å². The fourth-order valence-electron chi connectivity index (χ4n) is 3.18. The molecule has 112 valence electrons. The Kier molecular flexibility index (Phi) is 2.81. The lowest BCUT2D eigenvalue weighted by molar-refractivity contribution is 0.0886. The van der Waals surface area contributed by atoms with E-state index >= 15 is 0 Å². The number of nitrogens with zero attached hydrogens (tertiary/aromatic N) is 1. The molecule has 2 aromatic carbocycles. The van der Waals surface area contributed by atoms with E-state index in [4.69, 9.17) is 0 Å². The van der Waals surface area contributed by atoms with Crippen LogP contribution in [0.2, 0.25) is 0 Å². The van der Waals surface area contributed by atoms with Crippen molar-refractivity contribution in [3.05, 3.63) is 70.9 Å². The Labute approximate surface area is 132 Å². The highest BCUT2D eigenvalue weighted by Gasteiger charge is 2.42. The third kappa shape index (κ3) is 1.81. The first-order valence-corrected chi connectivity index (χ1v) is 7.35. The summed E-state index contributed by atoms with van der Waals surface area (Å²) in [6.45, 7) is 1.76.